The second-order valence-corrected chi connectivity index (χ2v) is 6.57. The first-order chi connectivity index (χ1) is 14.0. The predicted octanol–water partition coefficient (Wildman–Crippen LogP) is 2.39. The molecule has 1 N–H and O–H groups in total. The number of carbonyl (C=O) groups is 1. The number of methoxy groups -OCH3 is 3. The average molecular weight is 418 g/mol. The molecule has 0 radical (unpaired) electrons. The minimum absolute atomic E-state index is 0.177. The van der Waals surface area contributed by atoms with E-state index in [-0.39, 0.29) is 24.6 Å². The van der Waals surface area contributed by atoms with Crippen molar-refractivity contribution in [3.63, 3.8) is 0 Å². The molecule has 0 spiro atoms. The van der Waals surface area contributed by atoms with E-state index in [2.05, 4.69) is 10.3 Å². The van der Waals surface area contributed by atoms with Gasteiger partial charge in [-0.3, -0.25) is 14.2 Å². The molecular formula is C20H20ClN3O5. The van der Waals surface area contributed by atoms with Gasteiger partial charge < -0.3 is 19.5 Å². The van der Waals surface area contributed by atoms with Crippen LogP contribution in [0.15, 0.2) is 41.5 Å². The van der Waals surface area contributed by atoms with E-state index in [0.29, 0.717) is 38.7 Å². The van der Waals surface area contributed by atoms with Crippen LogP contribution in [0.2, 0.25) is 5.02 Å². The van der Waals surface area contributed by atoms with Gasteiger partial charge in [-0.05, 0) is 24.3 Å². The zero-order chi connectivity index (χ0) is 21.0. The Morgan fingerprint density at radius 1 is 1.07 bits per heavy atom. The Hall–Kier alpha value is -3.26. The van der Waals surface area contributed by atoms with Crippen LogP contribution < -0.4 is 25.1 Å². The van der Waals surface area contributed by atoms with Crippen molar-refractivity contribution in [1.82, 2.24) is 14.9 Å². The lowest BCUT2D eigenvalue weighted by molar-refractivity contribution is -0.121. The second kappa shape index (κ2) is 8.83. The zero-order valence-corrected chi connectivity index (χ0v) is 16.9. The number of rotatable bonds is 7. The number of amides is 1. The summed E-state index contributed by atoms with van der Waals surface area (Å²) in [6, 6.07) is 8.26. The molecule has 0 aliphatic carbocycles. The van der Waals surface area contributed by atoms with Crippen molar-refractivity contribution in [1.29, 1.82) is 0 Å². The lowest BCUT2D eigenvalue weighted by Gasteiger charge is -2.15. The van der Waals surface area contributed by atoms with Gasteiger partial charge in [0, 0.05) is 23.2 Å². The first-order valence-electron chi connectivity index (χ1n) is 8.67. The Bertz CT molecular complexity index is 1110. The van der Waals surface area contributed by atoms with Gasteiger partial charge in [0.05, 0.1) is 38.6 Å². The number of fused-ring (bicyclic) bond motifs is 1. The van der Waals surface area contributed by atoms with E-state index in [0.717, 1.165) is 0 Å². The molecule has 0 fully saturated rings. The molecule has 29 heavy (non-hydrogen) atoms. The van der Waals surface area contributed by atoms with E-state index >= 15 is 0 Å². The van der Waals surface area contributed by atoms with Crippen molar-refractivity contribution in [2.24, 2.45) is 0 Å². The summed E-state index contributed by atoms with van der Waals surface area (Å²) in [6.07, 6.45) is 1.34. The third kappa shape index (κ3) is 4.43. The highest BCUT2D eigenvalue weighted by Gasteiger charge is 2.14. The van der Waals surface area contributed by atoms with Crippen LogP contribution in [-0.2, 0) is 17.9 Å². The van der Waals surface area contributed by atoms with Crippen LogP contribution in [0.4, 0.5) is 0 Å². The molecule has 3 aromatic rings. The normalized spacial score (nSPS) is 10.6. The first kappa shape index (κ1) is 20.5. The molecule has 0 saturated heterocycles. The van der Waals surface area contributed by atoms with Crippen LogP contribution in [-0.4, -0.2) is 36.8 Å². The number of ether oxygens (including phenoxy) is 3. The molecule has 9 heteroatoms. The van der Waals surface area contributed by atoms with E-state index in [9.17, 15) is 9.59 Å². The molecule has 2 aromatic carbocycles. The molecule has 0 aliphatic rings. The highest BCUT2D eigenvalue weighted by atomic mass is 35.5. The SMILES string of the molecule is COc1cc(OC)c(OC)cc1CNC(=O)Cn1cnc2ccc(Cl)cc2c1=O. The van der Waals surface area contributed by atoms with Crippen LogP contribution in [0.1, 0.15) is 5.56 Å². The van der Waals surface area contributed by atoms with Crippen LogP contribution in [0, 0.1) is 0 Å². The third-order valence-corrected chi connectivity index (χ3v) is 4.60. The summed E-state index contributed by atoms with van der Waals surface area (Å²) in [6.45, 7) is 0.00778. The minimum Gasteiger partial charge on any atom is -0.496 e. The molecule has 1 heterocycles. The average Bonchev–Trinajstić information content (AvgIpc) is 2.73. The fourth-order valence-corrected chi connectivity index (χ4v) is 3.05. The van der Waals surface area contributed by atoms with Gasteiger partial charge in [0.25, 0.3) is 5.56 Å². The number of benzene rings is 2. The molecule has 0 atom stereocenters. The quantitative estimate of drug-likeness (QED) is 0.634. The number of nitrogens with zero attached hydrogens (tertiary/aromatic N) is 2. The lowest BCUT2D eigenvalue weighted by atomic mass is 10.1. The van der Waals surface area contributed by atoms with Gasteiger partial charge in [0.2, 0.25) is 5.91 Å². The van der Waals surface area contributed by atoms with E-state index < -0.39 is 0 Å². The Morgan fingerprint density at radius 3 is 2.45 bits per heavy atom. The number of aromatic nitrogens is 2. The minimum atomic E-state index is -0.355. The Balaban J connectivity index is 1.76. The fourth-order valence-electron chi connectivity index (χ4n) is 2.88. The van der Waals surface area contributed by atoms with Crippen molar-refractivity contribution in [2.75, 3.05) is 21.3 Å². The Labute approximate surface area is 172 Å². The van der Waals surface area contributed by atoms with Crippen molar-refractivity contribution < 1.29 is 19.0 Å². The first-order valence-corrected chi connectivity index (χ1v) is 9.05. The van der Waals surface area contributed by atoms with Gasteiger partial charge in [-0.1, -0.05) is 11.6 Å². The Morgan fingerprint density at radius 2 is 1.76 bits per heavy atom. The number of hydrogen-bond acceptors (Lipinski definition) is 6. The summed E-state index contributed by atoms with van der Waals surface area (Å²) in [5, 5.41) is 3.55. The maximum absolute atomic E-state index is 12.6. The zero-order valence-electron chi connectivity index (χ0n) is 16.2. The monoisotopic (exact) mass is 417 g/mol. The van der Waals surface area contributed by atoms with Crippen LogP contribution in [0.25, 0.3) is 10.9 Å². The largest absolute Gasteiger partial charge is 0.496 e. The molecule has 0 aliphatic heterocycles. The van der Waals surface area contributed by atoms with Crippen molar-refractivity contribution in [2.45, 2.75) is 13.1 Å². The second-order valence-electron chi connectivity index (χ2n) is 6.13. The summed E-state index contributed by atoms with van der Waals surface area (Å²) in [7, 11) is 4.58. The molecule has 152 valence electrons. The van der Waals surface area contributed by atoms with Gasteiger partial charge in [0.15, 0.2) is 11.5 Å². The van der Waals surface area contributed by atoms with E-state index in [1.165, 1.54) is 38.3 Å². The lowest BCUT2D eigenvalue weighted by Crippen LogP contribution is -2.32. The summed E-state index contributed by atoms with van der Waals surface area (Å²) < 4.78 is 17.1. The fraction of sp³-hybridized carbons (Fsp3) is 0.250. The molecule has 3 rings (SSSR count). The molecule has 0 unspecified atom stereocenters. The summed E-state index contributed by atoms with van der Waals surface area (Å²) >= 11 is 5.95. The Kier molecular flexibility index (Phi) is 6.23. The van der Waals surface area contributed by atoms with Gasteiger partial charge in [-0.2, -0.15) is 0 Å². The molecule has 0 bridgehead atoms. The third-order valence-electron chi connectivity index (χ3n) is 4.36. The van der Waals surface area contributed by atoms with Gasteiger partial charge in [0.1, 0.15) is 12.3 Å². The number of halogens is 1. The van der Waals surface area contributed by atoms with E-state index in [4.69, 9.17) is 25.8 Å². The summed E-state index contributed by atoms with van der Waals surface area (Å²) in [5.41, 5.74) is 0.886. The predicted molar refractivity (Wildman–Crippen MR) is 109 cm³/mol. The number of hydrogen-bond donors (Lipinski definition) is 1. The van der Waals surface area contributed by atoms with Crippen LogP contribution in [0.5, 0.6) is 17.2 Å². The summed E-state index contributed by atoms with van der Waals surface area (Å²) in [4.78, 5) is 29.2. The molecule has 1 aromatic heterocycles. The number of carbonyl (C=O) groups excluding carboxylic acids is 1. The van der Waals surface area contributed by atoms with Crippen molar-refractivity contribution >= 4 is 28.4 Å². The molecular weight excluding hydrogens is 398 g/mol. The maximum Gasteiger partial charge on any atom is 0.261 e. The van der Waals surface area contributed by atoms with Crippen molar-refractivity contribution in [3.8, 4) is 17.2 Å². The van der Waals surface area contributed by atoms with Gasteiger partial charge >= 0.3 is 0 Å². The highest BCUT2D eigenvalue weighted by Crippen LogP contribution is 2.34. The van der Waals surface area contributed by atoms with Crippen LogP contribution in [0.3, 0.4) is 0 Å². The molecule has 1 amide bonds. The van der Waals surface area contributed by atoms with E-state index in [1.54, 1.807) is 24.3 Å². The highest BCUT2D eigenvalue weighted by molar-refractivity contribution is 6.31. The summed E-state index contributed by atoms with van der Waals surface area (Å²) in [5.74, 6) is 1.23. The number of nitrogens with one attached hydrogen (secondary N) is 1. The maximum atomic E-state index is 12.6. The smallest absolute Gasteiger partial charge is 0.261 e. The van der Waals surface area contributed by atoms with Gasteiger partial charge in [-0.15, -0.1) is 0 Å². The standard InChI is InChI=1S/C20H20ClN3O5/c1-27-16-8-18(29-3)17(28-2)6-12(16)9-22-19(25)10-24-11-23-15-5-4-13(21)7-14(15)20(24)26/h4-8,11H,9-10H2,1-3H3,(H,22,25). The molecule has 0 saturated carbocycles. The van der Waals surface area contributed by atoms with Gasteiger partial charge in [-0.25, -0.2) is 4.98 Å². The van der Waals surface area contributed by atoms with Crippen molar-refractivity contribution in [3.05, 3.63) is 57.6 Å². The molecule has 8 nitrogen and oxygen atoms in total. The van der Waals surface area contributed by atoms with E-state index in [1.807, 2.05) is 0 Å². The topological polar surface area (TPSA) is 91.7 Å². The van der Waals surface area contributed by atoms with Crippen LogP contribution >= 0.6 is 11.6 Å².